The molecule has 49 heavy (non-hydrogen) atoms. The van der Waals surface area contributed by atoms with Gasteiger partial charge in [-0.2, -0.15) is 5.26 Å². The van der Waals surface area contributed by atoms with Crippen LogP contribution >= 0.6 is 0 Å². The van der Waals surface area contributed by atoms with Crippen LogP contribution in [-0.4, -0.2) is 49.9 Å². The summed E-state index contributed by atoms with van der Waals surface area (Å²) < 4.78 is 14.0. The maximum atomic E-state index is 14.0. The fraction of sp³-hybridized carbons (Fsp3) is 0.548. The van der Waals surface area contributed by atoms with Crippen LogP contribution in [0.25, 0.3) is 0 Å². The van der Waals surface area contributed by atoms with E-state index < -0.39 is 6.67 Å². The Bertz CT molecular complexity index is 1350. The summed E-state index contributed by atoms with van der Waals surface area (Å²) >= 11 is 0. The third kappa shape index (κ3) is 15.9. The molecule has 1 unspecified atom stereocenters. The van der Waals surface area contributed by atoms with Gasteiger partial charge in [-0.1, -0.05) is 75.0 Å². The largest absolute Gasteiger partial charge is 0.385 e. The van der Waals surface area contributed by atoms with Gasteiger partial charge in [-0.15, -0.1) is 0 Å². The quantitative estimate of drug-likeness (QED) is 0.0681. The third-order valence-corrected chi connectivity index (χ3v) is 9.51. The first-order valence-electron chi connectivity index (χ1n) is 18.2. The van der Waals surface area contributed by atoms with Crippen molar-refractivity contribution < 1.29 is 9.18 Å². The van der Waals surface area contributed by atoms with Gasteiger partial charge in [-0.3, -0.25) is 9.79 Å². The normalized spacial score (nSPS) is 19.8. The van der Waals surface area contributed by atoms with Crippen LogP contribution in [0.2, 0.25) is 0 Å². The average molecular weight is 674 g/mol. The van der Waals surface area contributed by atoms with E-state index in [4.69, 9.17) is 5.26 Å². The van der Waals surface area contributed by atoms with Gasteiger partial charge in [-0.25, -0.2) is 4.39 Å². The number of amides is 1. The fourth-order valence-electron chi connectivity index (χ4n) is 5.86. The van der Waals surface area contributed by atoms with Crippen molar-refractivity contribution in [2.24, 2.45) is 10.4 Å². The zero-order chi connectivity index (χ0) is 36.7. The fourth-order valence-corrected chi connectivity index (χ4v) is 5.86. The molecule has 0 aromatic rings. The van der Waals surface area contributed by atoms with Gasteiger partial charge in [0.05, 0.1) is 6.07 Å². The lowest BCUT2D eigenvalue weighted by Crippen LogP contribution is -2.36. The number of hydrogen-bond acceptors (Lipinski definition) is 5. The molecule has 7 heteroatoms. The molecule has 1 aliphatic rings. The van der Waals surface area contributed by atoms with Crippen LogP contribution in [0, 0.1) is 16.7 Å². The minimum atomic E-state index is -0.619. The highest BCUT2D eigenvalue weighted by atomic mass is 19.1. The maximum Gasteiger partial charge on any atom is 0.228 e. The monoisotopic (exact) mass is 674 g/mol. The number of carbonyl (C=O) groups is 1. The smallest absolute Gasteiger partial charge is 0.228 e. The maximum absolute atomic E-state index is 14.0. The highest BCUT2D eigenvalue weighted by Crippen LogP contribution is 2.39. The van der Waals surface area contributed by atoms with E-state index in [-0.39, 0.29) is 17.7 Å². The van der Waals surface area contributed by atoms with Crippen LogP contribution < -0.4 is 10.6 Å². The molecule has 1 amide bonds. The molecule has 1 aliphatic carbocycles. The summed E-state index contributed by atoms with van der Waals surface area (Å²) in [6.45, 7) is 19.6. The number of alkyl halides is 1. The first-order chi connectivity index (χ1) is 23.5. The van der Waals surface area contributed by atoms with E-state index in [1.165, 1.54) is 11.3 Å². The molecule has 0 aliphatic heterocycles. The van der Waals surface area contributed by atoms with Crippen molar-refractivity contribution in [1.82, 2.24) is 15.5 Å². The SMILES string of the molecule is C=C(C#N)CC[C@](C)(CC)/C(=C\C)N(C)C(C)CC=CCC/C(=C\C)CC(=O)NC1=C/C=C(/CN/C(=C/C=N\CC)CC)CC/C=C\1CF. The Labute approximate surface area is 298 Å². The van der Waals surface area contributed by atoms with Crippen LogP contribution in [0.1, 0.15) is 113 Å². The van der Waals surface area contributed by atoms with Crippen molar-refractivity contribution in [2.45, 2.75) is 119 Å². The van der Waals surface area contributed by atoms with Crippen LogP contribution in [0.5, 0.6) is 0 Å². The summed E-state index contributed by atoms with van der Waals surface area (Å²) in [4.78, 5) is 19.7. The number of carbonyl (C=O) groups excluding carboxylic acids is 1. The standard InChI is InChI=1S/C42H64FN5O/c1-10-35(20-17-15-16-19-34(7)48(9)40(12-3)42(8,13-4)27-25-33(6)31-44)29-41(49)47-39-24-23-36(21-18-22-37(39)30-43)32-46-38(11-2)26-28-45-14-5/h10,12,15-16,22-24,26,28,34,46H,6,11,13-14,17-21,25,27,29-30,32H2,1-5,7-9H3,(H,47,49)/b16-15?,35-10+,36-23+,37-22-,38-26+,39-24+,40-12+,45-28-/t34?,42-/m0/s1. The number of nitrogens with one attached hydrogen (secondary N) is 2. The number of halogens is 1. The molecule has 0 radical (unpaired) electrons. The number of rotatable bonds is 22. The van der Waals surface area contributed by atoms with Crippen molar-refractivity contribution >= 4 is 12.1 Å². The lowest BCUT2D eigenvalue weighted by atomic mass is 9.77. The van der Waals surface area contributed by atoms with Crippen LogP contribution in [0.3, 0.4) is 0 Å². The molecule has 2 atom stereocenters. The second-order valence-electron chi connectivity index (χ2n) is 13.0. The Morgan fingerprint density at radius 2 is 1.96 bits per heavy atom. The Morgan fingerprint density at radius 1 is 1.20 bits per heavy atom. The summed E-state index contributed by atoms with van der Waals surface area (Å²) in [6, 6.07) is 2.50. The lowest BCUT2D eigenvalue weighted by molar-refractivity contribution is -0.119. The van der Waals surface area contributed by atoms with E-state index in [1.807, 2.05) is 50.4 Å². The summed E-state index contributed by atoms with van der Waals surface area (Å²) in [7, 11) is 2.16. The molecule has 0 saturated carbocycles. The van der Waals surface area contributed by atoms with E-state index in [0.29, 0.717) is 35.9 Å². The predicted molar refractivity (Wildman–Crippen MR) is 208 cm³/mol. The van der Waals surface area contributed by atoms with Gasteiger partial charge < -0.3 is 15.5 Å². The second kappa shape index (κ2) is 24.3. The number of nitrogens with zero attached hydrogens (tertiary/aromatic N) is 3. The molecular formula is C42H64FN5O. The topological polar surface area (TPSA) is 80.5 Å². The number of allylic oxidation sites excluding steroid dienone is 11. The van der Waals surface area contributed by atoms with Crippen molar-refractivity contribution in [3.63, 3.8) is 0 Å². The summed E-state index contributed by atoms with van der Waals surface area (Å²) in [5, 5.41) is 15.7. The minimum absolute atomic E-state index is 0.0226. The zero-order valence-electron chi connectivity index (χ0n) is 31.8. The number of aliphatic imine (C=N–C) groups is 1. The summed E-state index contributed by atoms with van der Waals surface area (Å²) in [5.74, 6) is -0.130. The van der Waals surface area contributed by atoms with Crippen LogP contribution in [0.4, 0.5) is 4.39 Å². The van der Waals surface area contributed by atoms with Gasteiger partial charge in [0.2, 0.25) is 5.91 Å². The molecule has 1 rings (SSSR count). The van der Waals surface area contributed by atoms with Gasteiger partial charge in [-0.05, 0) is 97.6 Å². The van der Waals surface area contributed by atoms with Gasteiger partial charge in [0.1, 0.15) is 6.67 Å². The molecule has 0 aromatic carbocycles. The molecule has 6 nitrogen and oxygen atoms in total. The molecule has 0 heterocycles. The van der Waals surface area contributed by atoms with E-state index >= 15 is 0 Å². The first-order valence-corrected chi connectivity index (χ1v) is 18.2. The van der Waals surface area contributed by atoms with Gasteiger partial charge in [0.15, 0.2) is 0 Å². The van der Waals surface area contributed by atoms with Gasteiger partial charge >= 0.3 is 0 Å². The summed E-state index contributed by atoms with van der Waals surface area (Å²) in [5.41, 5.74) is 6.34. The first kappa shape index (κ1) is 43.1. The van der Waals surface area contributed by atoms with E-state index in [9.17, 15) is 9.18 Å². The minimum Gasteiger partial charge on any atom is -0.385 e. The van der Waals surface area contributed by atoms with E-state index in [0.717, 1.165) is 69.2 Å². The van der Waals surface area contributed by atoms with Crippen molar-refractivity contribution in [3.05, 3.63) is 94.6 Å². The van der Waals surface area contributed by atoms with Gasteiger partial charge in [0.25, 0.3) is 0 Å². The van der Waals surface area contributed by atoms with E-state index in [2.05, 4.69) is 93.1 Å². The second-order valence-corrected chi connectivity index (χ2v) is 13.0. The highest BCUT2D eigenvalue weighted by molar-refractivity contribution is 5.81. The van der Waals surface area contributed by atoms with Crippen molar-refractivity contribution in [3.8, 4) is 6.07 Å². The lowest BCUT2D eigenvalue weighted by Gasteiger charge is -2.40. The molecule has 0 aromatic heterocycles. The van der Waals surface area contributed by atoms with Crippen LogP contribution in [0.15, 0.2) is 99.6 Å². The zero-order valence-corrected chi connectivity index (χ0v) is 31.8. The Hall–Kier alpha value is -3.92. The molecule has 270 valence electrons. The van der Waals surface area contributed by atoms with Crippen LogP contribution in [-0.2, 0) is 4.79 Å². The molecule has 0 spiro atoms. The molecule has 0 fully saturated rings. The van der Waals surface area contributed by atoms with Gasteiger partial charge in [0, 0.05) is 72.5 Å². The third-order valence-electron chi connectivity index (χ3n) is 9.51. The van der Waals surface area contributed by atoms with Crippen molar-refractivity contribution in [1.29, 1.82) is 5.26 Å². The number of nitriles is 1. The Morgan fingerprint density at radius 3 is 2.57 bits per heavy atom. The Kier molecular flexibility index (Phi) is 21.3. The Balaban J connectivity index is 2.77. The average Bonchev–Trinajstić information content (AvgIpc) is 3.10. The summed E-state index contributed by atoms with van der Waals surface area (Å²) in [6.07, 6.45) is 26.1. The predicted octanol–water partition coefficient (Wildman–Crippen LogP) is 10.1. The molecule has 0 saturated heterocycles. The molecular weight excluding hydrogens is 609 g/mol. The highest BCUT2D eigenvalue weighted by Gasteiger charge is 2.30. The molecule has 2 N–H and O–H groups in total. The van der Waals surface area contributed by atoms with Crippen molar-refractivity contribution in [2.75, 3.05) is 26.8 Å². The number of hydrogen-bond donors (Lipinski definition) is 2. The van der Waals surface area contributed by atoms with E-state index in [1.54, 1.807) is 0 Å². The molecule has 0 bridgehead atoms.